The van der Waals surface area contributed by atoms with E-state index in [1.807, 2.05) is 74.5 Å². The first-order valence-corrected chi connectivity index (χ1v) is 19.1. The van der Waals surface area contributed by atoms with Crippen LogP contribution in [0.15, 0.2) is 94.7 Å². The third kappa shape index (κ3) is 30.6. The number of rotatable bonds is 13. The Hall–Kier alpha value is -2.45. The summed E-state index contributed by atoms with van der Waals surface area (Å²) >= 11 is 4.64. The first-order chi connectivity index (χ1) is 22.8. The smallest absolute Gasteiger partial charge is 0.440 e. The van der Waals surface area contributed by atoms with Gasteiger partial charge in [-0.2, -0.15) is 54.0 Å². The van der Waals surface area contributed by atoms with Gasteiger partial charge in [0.1, 0.15) is 32.0 Å². The van der Waals surface area contributed by atoms with E-state index in [1.165, 1.54) is 13.8 Å². The van der Waals surface area contributed by atoms with Crippen molar-refractivity contribution in [3.05, 3.63) is 97.1 Å². The Kier molecular flexibility index (Phi) is 36.0. The van der Waals surface area contributed by atoms with Gasteiger partial charge in [0.05, 0.1) is 5.75 Å². The predicted molar refractivity (Wildman–Crippen MR) is 238 cm³/mol. The van der Waals surface area contributed by atoms with E-state index < -0.39 is 50.1 Å². The zero-order valence-corrected chi connectivity index (χ0v) is 37.3. The molecule has 0 spiro atoms. The normalized spacial score (nSPS) is 14.0. The number of nitrogens with one attached hydrogen (secondary N) is 1. The molecule has 0 aliphatic rings. The summed E-state index contributed by atoms with van der Waals surface area (Å²) in [6, 6.07) is 18.4. The number of hydrogen-bond donors (Lipinski definition) is 2. The van der Waals surface area contributed by atoms with Crippen molar-refractivity contribution in [3.63, 3.8) is 0 Å². The molecule has 0 heterocycles. The van der Waals surface area contributed by atoms with Crippen LogP contribution >= 0.6 is 65.6 Å². The number of nitrogens with two attached hydrogens (primary N) is 1. The lowest BCUT2D eigenvalue weighted by Gasteiger charge is -2.16. The Morgan fingerprint density at radius 2 is 1.08 bits per heavy atom. The molecule has 0 radical (unpaired) electrons. The summed E-state index contributed by atoms with van der Waals surface area (Å²) in [5, 5.41) is 5.23. The fraction of sp³-hybridized carbons (Fsp3) is 0.412. The van der Waals surface area contributed by atoms with Gasteiger partial charge in [0.25, 0.3) is 0 Å². The molecule has 0 aliphatic heterocycles. The molecule has 19 heteroatoms. The van der Waals surface area contributed by atoms with E-state index in [9.17, 15) is 27.6 Å². The standard InChI is InChI=1S/C17H24N2O4S.C15H22N2O3S.C2H3ClO.4H2S/c1-5-9-13(2)12-24(22,18-15(4)20)19-17(21)23-14(3)16-10-7-6-8-11-16;1-4-8-12(2)11-21(16,19)17-15(18)20-13(3)14-9-6-5-7-10-14;1-2(3)4;;;;/h5-8,10-11,13-14H,1,9,12H2,2-4H3,(H,18,19,20,21,22);4-7,9-10,12-13H,1,8,11H2,2-3H3,(H2,16,17,18,19);1H3;4*1H2/t13-,14-,24?;12-,13-,21?;;;;;/m00...../s1. The molecule has 53 heavy (non-hydrogen) atoms. The molecule has 2 aromatic rings. The van der Waals surface area contributed by atoms with E-state index in [4.69, 9.17) is 14.6 Å². The zero-order valence-electron chi connectivity index (χ0n) is 30.9. The number of halogens is 1. The summed E-state index contributed by atoms with van der Waals surface area (Å²) in [7, 11) is -6.31. The summed E-state index contributed by atoms with van der Waals surface area (Å²) < 4.78 is 44.6. The largest absolute Gasteiger partial charge is 0.443 e. The van der Waals surface area contributed by atoms with E-state index in [-0.39, 0.29) is 82.6 Å². The zero-order chi connectivity index (χ0) is 37.6. The Labute approximate surface area is 349 Å². The number of carbonyl (C=O) groups excluding carboxylic acids is 4. The van der Waals surface area contributed by atoms with Crippen LogP contribution in [0.25, 0.3) is 0 Å². The number of benzene rings is 2. The fourth-order valence-corrected chi connectivity index (χ4v) is 7.20. The van der Waals surface area contributed by atoms with Crippen molar-refractivity contribution in [1.82, 2.24) is 4.72 Å². The molecular weight excluding hydrogens is 820 g/mol. The van der Waals surface area contributed by atoms with E-state index in [0.717, 1.165) is 11.1 Å². The molecule has 6 atom stereocenters. The van der Waals surface area contributed by atoms with Gasteiger partial charge in [0.15, 0.2) is 0 Å². The Bertz CT molecular complexity index is 1630. The molecule has 0 aliphatic carbocycles. The average Bonchev–Trinajstić information content (AvgIpc) is 2.96. The summed E-state index contributed by atoms with van der Waals surface area (Å²) in [6.07, 6.45) is 1.81. The van der Waals surface area contributed by atoms with Crippen molar-refractivity contribution >= 4 is 109 Å². The molecule has 12 nitrogen and oxygen atoms in total. The Morgan fingerprint density at radius 1 is 0.736 bits per heavy atom. The van der Waals surface area contributed by atoms with Crippen LogP contribution in [0.3, 0.4) is 0 Å². The maximum Gasteiger partial charge on any atom is 0.443 e. The van der Waals surface area contributed by atoms with Crippen LogP contribution in [0.4, 0.5) is 9.59 Å². The number of hydrogen-bond acceptors (Lipinski definition) is 8. The van der Waals surface area contributed by atoms with Crippen molar-refractivity contribution in [3.8, 4) is 0 Å². The number of nitrogens with zero attached hydrogens (tertiary/aromatic N) is 2. The van der Waals surface area contributed by atoms with Crippen molar-refractivity contribution in [2.45, 2.75) is 66.6 Å². The predicted octanol–water partition coefficient (Wildman–Crippen LogP) is 8.28. The first-order valence-electron chi connectivity index (χ1n) is 15.3. The molecule has 3 N–H and O–H groups in total. The fourth-order valence-electron chi connectivity index (χ4n) is 4.04. The van der Waals surface area contributed by atoms with Gasteiger partial charge in [-0.25, -0.2) is 23.1 Å². The van der Waals surface area contributed by atoms with Crippen molar-refractivity contribution in [2.24, 2.45) is 25.7 Å². The first kappa shape index (κ1) is 59.8. The molecule has 2 unspecified atom stereocenters. The van der Waals surface area contributed by atoms with E-state index >= 15 is 0 Å². The Morgan fingerprint density at radius 3 is 1.42 bits per heavy atom. The van der Waals surface area contributed by atoms with Crippen molar-refractivity contribution in [2.75, 3.05) is 11.5 Å². The second kappa shape index (κ2) is 31.9. The summed E-state index contributed by atoms with van der Waals surface area (Å²) in [4.78, 5) is 44.2. The molecule has 0 bridgehead atoms. The lowest BCUT2D eigenvalue weighted by molar-refractivity contribution is -0.117. The molecule has 0 saturated carbocycles. The van der Waals surface area contributed by atoms with Crippen LogP contribution in [0.1, 0.15) is 77.7 Å². The monoisotopic (exact) mass is 876 g/mol. The van der Waals surface area contributed by atoms with Crippen LogP contribution in [0.2, 0.25) is 0 Å². The van der Waals surface area contributed by atoms with Gasteiger partial charge in [0.2, 0.25) is 11.1 Å². The topological polar surface area (TPSA) is 184 Å². The van der Waals surface area contributed by atoms with Crippen LogP contribution < -0.4 is 9.86 Å². The van der Waals surface area contributed by atoms with E-state index in [0.29, 0.717) is 12.8 Å². The lowest BCUT2D eigenvalue weighted by atomic mass is 10.1. The molecule has 304 valence electrons. The molecule has 0 fully saturated rings. The molecule has 0 aromatic heterocycles. The number of amides is 3. The van der Waals surface area contributed by atoms with Gasteiger partial charge in [-0.05, 0) is 61.3 Å². The average molecular weight is 878 g/mol. The second-order valence-electron chi connectivity index (χ2n) is 11.1. The van der Waals surface area contributed by atoms with E-state index in [2.05, 4.69) is 38.2 Å². The van der Waals surface area contributed by atoms with Crippen LogP contribution in [0, 0.1) is 11.8 Å². The summed E-state index contributed by atoms with van der Waals surface area (Å²) in [6.45, 7) is 16.9. The number of ether oxygens (including phenoxy) is 2. The van der Waals surface area contributed by atoms with Crippen molar-refractivity contribution < 1.29 is 37.1 Å². The van der Waals surface area contributed by atoms with Crippen molar-refractivity contribution in [1.29, 1.82) is 0 Å². The molecule has 2 aromatic carbocycles. The molecule has 3 amide bonds. The highest BCUT2D eigenvalue weighted by atomic mass is 35.5. The van der Waals surface area contributed by atoms with Gasteiger partial charge in [-0.15, -0.1) is 21.9 Å². The maximum atomic E-state index is 12.8. The minimum Gasteiger partial charge on any atom is -0.440 e. The highest BCUT2D eigenvalue weighted by Gasteiger charge is 2.20. The van der Waals surface area contributed by atoms with Gasteiger partial charge in [0, 0.05) is 19.6 Å². The molecule has 2 rings (SSSR count). The number of carbonyl (C=O) groups is 4. The highest BCUT2D eigenvalue weighted by Crippen LogP contribution is 2.18. The minimum absolute atomic E-state index is 0. The van der Waals surface area contributed by atoms with Gasteiger partial charge >= 0.3 is 12.2 Å². The summed E-state index contributed by atoms with van der Waals surface area (Å²) in [5.41, 5.74) is 1.64. The quantitative estimate of drug-likeness (QED) is 0.149. The molecular formula is C34H57ClN4O8S6. The lowest BCUT2D eigenvalue weighted by Crippen LogP contribution is -2.33. The third-order valence-corrected chi connectivity index (χ3v) is 9.60. The van der Waals surface area contributed by atoms with Gasteiger partial charge < -0.3 is 9.47 Å². The molecule has 0 saturated heterocycles. The minimum atomic E-state index is -3.23. The Balaban J connectivity index is -0.000000247. The van der Waals surface area contributed by atoms with E-state index in [1.54, 1.807) is 26.0 Å². The number of allylic oxidation sites excluding steroid dienone is 2. The van der Waals surface area contributed by atoms with Gasteiger partial charge in [-0.3, -0.25) is 14.3 Å². The van der Waals surface area contributed by atoms with Crippen LogP contribution in [0.5, 0.6) is 0 Å². The highest BCUT2D eigenvalue weighted by molar-refractivity contribution is 7.92. The van der Waals surface area contributed by atoms with Crippen LogP contribution in [-0.4, -0.2) is 43.3 Å². The van der Waals surface area contributed by atoms with Gasteiger partial charge in [-0.1, -0.05) is 86.7 Å². The second-order valence-corrected chi connectivity index (χ2v) is 15.5. The third-order valence-electron chi connectivity index (χ3n) is 6.02. The maximum absolute atomic E-state index is 12.8. The summed E-state index contributed by atoms with van der Waals surface area (Å²) in [5.74, 6) is -0.340. The van der Waals surface area contributed by atoms with Crippen LogP contribution in [-0.2, 0) is 38.9 Å². The SMILES string of the molecule is C=CC[C@H](C)CS(=O)(=NC(=O)O[C@@H](C)c1ccccc1)NC(C)=O.C=CC[C@H](C)CS(N)(=O)=NC(=O)O[C@@H](C)c1ccccc1.CC(=O)Cl.S.S.S.S.